The van der Waals surface area contributed by atoms with Crippen molar-refractivity contribution in [2.45, 2.75) is 25.3 Å². The summed E-state index contributed by atoms with van der Waals surface area (Å²) < 4.78 is 0. The average Bonchev–Trinajstić information content (AvgIpc) is 3.08. The number of rotatable bonds is 4. The van der Waals surface area contributed by atoms with Crippen molar-refractivity contribution in [3.8, 4) is 0 Å². The molecule has 2 nitrogen and oxygen atoms in total. The molecular formula is C15H18N2S. The molecule has 3 N–H and O–H groups in total. The van der Waals surface area contributed by atoms with Gasteiger partial charge in [0.2, 0.25) is 0 Å². The lowest BCUT2D eigenvalue weighted by atomic mass is 10.00. The van der Waals surface area contributed by atoms with E-state index in [1.807, 2.05) is 0 Å². The van der Waals surface area contributed by atoms with Crippen molar-refractivity contribution in [2.24, 2.45) is 11.8 Å². The molecule has 1 aliphatic rings. The normalized spacial score (nSPS) is 23.9. The lowest BCUT2D eigenvalue weighted by Crippen LogP contribution is -2.30. The number of benzene rings is 1. The molecule has 0 saturated heterocycles. The molecule has 3 heteroatoms. The summed E-state index contributed by atoms with van der Waals surface area (Å²) in [6.45, 7) is 2.17. The monoisotopic (exact) mass is 258 g/mol. The third-order valence-electron chi connectivity index (χ3n) is 3.91. The van der Waals surface area contributed by atoms with Gasteiger partial charge in [0.25, 0.3) is 0 Å². The number of hydrogen-bond acceptors (Lipinski definition) is 3. The average molecular weight is 258 g/mol. The van der Waals surface area contributed by atoms with Crippen molar-refractivity contribution in [1.29, 1.82) is 0 Å². The molecule has 1 saturated carbocycles. The molecule has 0 amide bonds. The quantitative estimate of drug-likeness (QED) is 0.652. The molecule has 3 unspecified atom stereocenters. The molecule has 94 valence electrons. The number of nitrogens with two attached hydrogens (primary N) is 1. The van der Waals surface area contributed by atoms with E-state index < -0.39 is 0 Å². The standard InChI is InChI=1S/C15H18N2S/c1-10-12(7-8-18-10)15(17-16)14-9-13(14)11-5-3-2-4-6-11/h2-8,13-15,17H,9,16H2,1H3. The lowest BCUT2D eigenvalue weighted by Gasteiger charge is -2.16. The minimum Gasteiger partial charge on any atom is -0.271 e. The fourth-order valence-corrected chi connectivity index (χ4v) is 3.58. The zero-order valence-corrected chi connectivity index (χ0v) is 11.3. The van der Waals surface area contributed by atoms with Crippen LogP contribution in [0.4, 0.5) is 0 Å². The summed E-state index contributed by atoms with van der Waals surface area (Å²) >= 11 is 1.79. The van der Waals surface area contributed by atoms with E-state index in [9.17, 15) is 0 Å². The zero-order chi connectivity index (χ0) is 12.5. The Morgan fingerprint density at radius 2 is 2.06 bits per heavy atom. The second kappa shape index (κ2) is 4.84. The largest absolute Gasteiger partial charge is 0.271 e. The second-order valence-electron chi connectivity index (χ2n) is 4.99. The number of thiophene rings is 1. The number of nitrogens with one attached hydrogen (secondary N) is 1. The summed E-state index contributed by atoms with van der Waals surface area (Å²) in [5, 5.41) is 2.15. The molecule has 1 aromatic carbocycles. The van der Waals surface area contributed by atoms with Crippen molar-refractivity contribution in [3.63, 3.8) is 0 Å². The van der Waals surface area contributed by atoms with Crippen LogP contribution >= 0.6 is 11.3 Å². The summed E-state index contributed by atoms with van der Waals surface area (Å²) in [4.78, 5) is 1.37. The van der Waals surface area contributed by atoms with Crippen LogP contribution in [0, 0.1) is 12.8 Å². The first-order chi connectivity index (χ1) is 8.81. The van der Waals surface area contributed by atoms with Crippen LogP contribution in [0.25, 0.3) is 0 Å². The highest BCUT2D eigenvalue weighted by atomic mass is 32.1. The van der Waals surface area contributed by atoms with Gasteiger partial charge in [-0.25, -0.2) is 0 Å². The first kappa shape index (κ1) is 11.9. The van der Waals surface area contributed by atoms with E-state index in [4.69, 9.17) is 5.84 Å². The highest BCUT2D eigenvalue weighted by Crippen LogP contribution is 2.54. The van der Waals surface area contributed by atoms with Gasteiger partial charge in [0.05, 0.1) is 6.04 Å². The molecule has 1 aliphatic carbocycles. The van der Waals surface area contributed by atoms with Gasteiger partial charge in [0.15, 0.2) is 0 Å². The molecule has 3 atom stereocenters. The summed E-state index contributed by atoms with van der Waals surface area (Å²) in [5.41, 5.74) is 5.82. The highest BCUT2D eigenvalue weighted by molar-refractivity contribution is 7.10. The van der Waals surface area contributed by atoms with E-state index in [1.165, 1.54) is 22.4 Å². The van der Waals surface area contributed by atoms with Gasteiger partial charge in [0, 0.05) is 4.88 Å². The minimum absolute atomic E-state index is 0.293. The molecule has 0 radical (unpaired) electrons. The Kier molecular flexibility index (Phi) is 3.20. The Morgan fingerprint density at radius 1 is 1.28 bits per heavy atom. The van der Waals surface area contributed by atoms with E-state index in [1.54, 1.807) is 11.3 Å². The van der Waals surface area contributed by atoms with Crippen LogP contribution in [-0.2, 0) is 0 Å². The number of aryl methyl sites for hydroxylation is 1. The van der Waals surface area contributed by atoms with Crippen molar-refractivity contribution in [3.05, 3.63) is 57.8 Å². The summed E-state index contributed by atoms with van der Waals surface area (Å²) in [6, 6.07) is 13.2. The van der Waals surface area contributed by atoms with Crippen molar-refractivity contribution >= 4 is 11.3 Å². The molecule has 18 heavy (non-hydrogen) atoms. The Bertz CT molecular complexity index is 520. The topological polar surface area (TPSA) is 38.0 Å². The third-order valence-corrected chi connectivity index (χ3v) is 4.77. The first-order valence-corrected chi connectivity index (χ1v) is 7.24. The minimum atomic E-state index is 0.293. The predicted octanol–water partition coefficient (Wildman–Crippen LogP) is 3.36. The van der Waals surface area contributed by atoms with Gasteiger partial charge in [-0.1, -0.05) is 30.3 Å². The molecule has 0 aliphatic heterocycles. The predicted molar refractivity (Wildman–Crippen MR) is 76.4 cm³/mol. The molecule has 0 spiro atoms. The van der Waals surface area contributed by atoms with Crippen LogP contribution in [0.1, 0.15) is 34.4 Å². The first-order valence-electron chi connectivity index (χ1n) is 6.36. The van der Waals surface area contributed by atoms with Gasteiger partial charge in [-0.05, 0) is 47.8 Å². The van der Waals surface area contributed by atoms with E-state index >= 15 is 0 Å². The van der Waals surface area contributed by atoms with Crippen LogP contribution in [0.3, 0.4) is 0 Å². The van der Waals surface area contributed by atoms with Crippen LogP contribution in [0.15, 0.2) is 41.8 Å². The molecule has 0 bridgehead atoms. The molecular weight excluding hydrogens is 240 g/mol. The fourth-order valence-electron chi connectivity index (χ4n) is 2.83. The molecule has 1 fully saturated rings. The summed E-state index contributed by atoms with van der Waals surface area (Å²) in [5.74, 6) is 7.06. The maximum atomic E-state index is 5.77. The second-order valence-corrected chi connectivity index (χ2v) is 6.11. The zero-order valence-electron chi connectivity index (χ0n) is 10.5. The van der Waals surface area contributed by atoms with E-state index in [-0.39, 0.29) is 0 Å². The van der Waals surface area contributed by atoms with Crippen LogP contribution < -0.4 is 11.3 Å². The Hall–Kier alpha value is -1.16. The van der Waals surface area contributed by atoms with E-state index in [2.05, 4.69) is 54.1 Å². The van der Waals surface area contributed by atoms with E-state index in [0.29, 0.717) is 17.9 Å². The smallest absolute Gasteiger partial charge is 0.0505 e. The molecule has 2 aromatic rings. The maximum Gasteiger partial charge on any atom is 0.0505 e. The Balaban J connectivity index is 1.79. The van der Waals surface area contributed by atoms with Crippen LogP contribution in [-0.4, -0.2) is 0 Å². The van der Waals surface area contributed by atoms with Gasteiger partial charge >= 0.3 is 0 Å². The number of hydrazine groups is 1. The summed E-state index contributed by atoms with van der Waals surface area (Å²) in [7, 11) is 0. The van der Waals surface area contributed by atoms with Gasteiger partial charge in [-0.3, -0.25) is 11.3 Å². The van der Waals surface area contributed by atoms with Crippen LogP contribution in [0.5, 0.6) is 0 Å². The van der Waals surface area contributed by atoms with Crippen LogP contribution in [0.2, 0.25) is 0 Å². The van der Waals surface area contributed by atoms with Crippen molar-refractivity contribution in [2.75, 3.05) is 0 Å². The molecule has 1 aromatic heterocycles. The van der Waals surface area contributed by atoms with Gasteiger partial charge in [0.1, 0.15) is 0 Å². The molecule has 3 rings (SSSR count). The van der Waals surface area contributed by atoms with Gasteiger partial charge in [-0.15, -0.1) is 11.3 Å². The fraction of sp³-hybridized carbons (Fsp3) is 0.333. The van der Waals surface area contributed by atoms with E-state index in [0.717, 1.165) is 0 Å². The van der Waals surface area contributed by atoms with Crippen molar-refractivity contribution in [1.82, 2.24) is 5.43 Å². The highest BCUT2D eigenvalue weighted by Gasteiger charge is 2.44. The lowest BCUT2D eigenvalue weighted by molar-refractivity contribution is 0.487. The maximum absolute atomic E-state index is 5.77. The Morgan fingerprint density at radius 3 is 2.67 bits per heavy atom. The summed E-state index contributed by atoms with van der Waals surface area (Å²) in [6.07, 6.45) is 1.23. The van der Waals surface area contributed by atoms with Gasteiger partial charge < -0.3 is 0 Å². The Labute approximate surface area is 112 Å². The third kappa shape index (κ3) is 2.09. The van der Waals surface area contributed by atoms with Gasteiger partial charge in [-0.2, -0.15) is 0 Å². The number of hydrogen-bond donors (Lipinski definition) is 2. The molecule has 1 heterocycles. The SMILES string of the molecule is Cc1sccc1C(NN)C1CC1c1ccccc1. The van der Waals surface area contributed by atoms with Crippen molar-refractivity contribution < 1.29 is 0 Å².